The third kappa shape index (κ3) is 3.41. The van der Waals surface area contributed by atoms with Crippen LogP contribution in [-0.2, 0) is 6.54 Å². The van der Waals surface area contributed by atoms with Gasteiger partial charge in [0.25, 0.3) is 5.91 Å². The van der Waals surface area contributed by atoms with E-state index < -0.39 is 0 Å². The van der Waals surface area contributed by atoms with Crippen LogP contribution in [0.15, 0.2) is 54.0 Å². The van der Waals surface area contributed by atoms with Crippen molar-refractivity contribution in [3.63, 3.8) is 0 Å². The monoisotopic (exact) mass is 368 g/mol. The molecule has 0 atom stereocenters. The summed E-state index contributed by atoms with van der Waals surface area (Å²) in [6.45, 7) is 6.33. The number of fused-ring (bicyclic) bond motifs is 1. The summed E-state index contributed by atoms with van der Waals surface area (Å²) in [4.78, 5) is 17.5. The number of amides is 1. The van der Waals surface area contributed by atoms with Gasteiger partial charge in [-0.05, 0) is 19.1 Å². The predicted molar refractivity (Wildman–Crippen MR) is 104 cm³/mol. The molecule has 3 aromatic rings. The summed E-state index contributed by atoms with van der Waals surface area (Å²) in [5.74, 6) is 1.00. The first-order chi connectivity index (χ1) is 12.6. The topological polar surface area (TPSA) is 52.8 Å². The minimum Gasteiger partial charge on any atom is -0.493 e. The molecule has 0 aliphatic heterocycles. The first kappa shape index (κ1) is 17.9. The van der Waals surface area contributed by atoms with Crippen molar-refractivity contribution in [2.75, 3.05) is 14.2 Å². The zero-order valence-electron chi connectivity index (χ0n) is 15.0. The third-order valence-corrected chi connectivity index (χ3v) is 5.04. The Morgan fingerprint density at radius 2 is 1.85 bits per heavy atom. The Kier molecular flexibility index (Phi) is 5.23. The molecule has 0 unspecified atom stereocenters. The lowest BCUT2D eigenvalue weighted by molar-refractivity contribution is 0.0998. The van der Waals surface area contributed by atoms with Crippen molar-refractivity contribution in [1.82, 2.24) is 4.57 Å². The van der Waals surface area contributed by atoms with Crippen molar-refractivity contribution in [2.24, 2.45) is 4.99 Å². The number of carbonyl (C=O) groups excluding carboxylic acids is 1. The van der Waals surface area contributed by atoms with Crippen LogP contribution in [0.4, 0.5) is 0 Å². The molecule has 0 spiro atoms. The number of benzene rings is 2. The third-order valence-electron chi connectivity index (χ3n) is 4.00. The van der Waals surface area contributed by atoms with Gasteiger partial charge in [-0.3, -0.25) is 4.79 Å². The number of allylic oxidation sites excluding steroid dienone is 1. The number of hydrogen-bond acceptors (Lipinski definition) is 4. The largest absolute Gasteiger partial charge is 0.493 e. The van der Waals surface area contributed by atoms with Crippen molar-refractivity contribution < 1.29 is 14.3 Å². The van der Waals surface area contributed by atoms with Crippen LogP contribution in [0.2, 0.25) is 0 Å². The van der Waals surface area contributed by atoms with Gasteiger partial charge in [0.15, 0.2) is 16.3 Å². The highest BCUT2D eigenvalue weighted by molar-refractivity contribution is 7.16. The van der Waals surface area contributed by atoms with Gasteiger partial charge < -0.3 is 14.0 Å². The summed E-state index contributed by atoms with van der Waals surface area (Å²) in [7, 11) is 3.20. The van der Waals surface area contributed by atoms with E-state index in [2.05, 4.69) is 11.6 Å². The van der Waals surface area contributed by atoms with Crippen LogP contribution in [0.5, 0.6) is 11.5 Å². The van der Waals surface area contributed by atoms with Gasteiger partial charge in [0.2, 0.25) is 0 Å². The first-order valence-corrected chi connectivity index (χ1v) is 8.91. The van der Waals surface area contributed by atoms with Crippen molar-refractivity contribution in [3.05, 3.63) is 65.0 Å². The van der Waals surface area contributed by atoms with Crippen LogP contribution < -0.4 is 14.3 Å². The molecule has 2 aromatic carbocycles. The van der Waals surface area contributed by atoms with E-state index in [0.717, 1.165) is 15.8 Å². The predicted octanol–water partition coefficient (Wildman–Crippen LogP) is 3.96. The molecule has 3 rings (SSSR count). The van der Waals surface area contributed by atoms with Crippen LogP contribution in [0, 0.1) is 6.92 Å². The van der Waals surface area contributed by atoms with Gasteiger partial charge in [-0.15, -0.1) is 6.58 Å². The number of carbonyl (C=O) groups is 1. The summed E-state index contributed by atoms with van der Waals surface area (Å²) < 4.78 is 13.7. The van der Waals surface area contributed by atoms with Crippen molar-refractivity contribution >= 4 is 27.5 Å². The van der Waals surface area contributed by atoms with E-state index in [1.165, 1.54) is 11.3 Å². The summed E-state index contributed by atoms with van der Waals surface area (Å²) in [5.41, 5.74) is 2.58. The Morgan fingerprint density at radius 1 is 1.19 bits per heavy atom. The number of thiazole rings is 1. The average Bonchev–Trinajstić information content (AvgIpc) is 2.97. The fraction of sp³-hybridized carbons (Fsp3) is 0.200. The van der Waals surface area contributed by atoms with E-state index in [0.29, 0.717) is 28.4 Å². The normalized spacial score (nSPS) is 11.6. The van der Waals surface area contributed by atoms with E-state index in [4.69, 9.17) is 9.47 Å². The first-order valence-electron chi connectivity index (χ1n) is 8.09. The molecule has 0 N–H and O–H groups in total. The quantitative estimate of drug-likeness (QED) is 0.641. The molecule has 5 nitrogen and oxygen atoms in total. The minimum atomic E-state index is -0.270. The van der Waals surface area contributed by atoms with Gasteiger partial charge in [0, 0.05) is 24.2 Å². The van der Waals surface area contributed by atoms with Gasteiger partial charge in [-0.25, -0.2) is 0 Å². The Morgan fingerprint density at radius 3 is 2.46 bits per heavy atom. The Bertz CT molecular complexity index is 1030. The summed E-state index contributed by atoms with van der Waals surface area (Å²) in [5, 5.41) is 0. The highest BCUT2D eigenvalue weighted by atomic mass is 32.1. The molecule has 0 radical (unpaired) electrons. The summed E-state index contributed by atoms with van der Waals surface area (Å²) in [6.07, 6.45) is 1.78. The minimum absolute atomic E-state index is 0.270. The molecule has 134 valence electrons. The molecule has 1 aromatic heterocycles. The summed E-state index contributed by atoms with van der Waals surface area (Å²) in [6, 6.07) is 11.2. The van der Waals surface area contributed by atoms with Gasteiger partial charge in [-0.1, -0.05) is 35.1 Å². The maximum Gasteiger partial charge on any atom is 0.279 e. The van der Waals surface area contributed by atoms with Crippen molar-refractivity contribution in [3.8, 4) is 11.5 Å². The highest BCUT2D eigenvalue weighted by Crippen LogP contribution is 2.33. The second-order valence-electron chi connectivity index (χ2n) is 5.74. The van der Waals surface area contributed by atoms with Crippen LogP contribution in [-0.4, -0.2) is 24.7 Å². The number of aromatic nitrogens is 1. The average molecular weight is 368 g/mol. The van der Waals surface area contributed by atoms with E-state index in [1.807, 2.05) is 35.8 Å². The lowest BCUT2D eigenvalue weighted by Gasteiger charge is -2.08. The van der Waals surface area contributed by atoms with E-state index in [-0.39, 0.29) is 5.91 Å². The maximum absolute atomic E-state index is 12.6. The molecule has 6 heteroatoms. The molecule has 0 bridgehead atoms. The molecule has 0 fully saturated rings. The number of aryl methyl sites for hydroxylation is 1. The van der Waals surface area contributed by atoms with E-state index in [1.54, 1.807) is 32.4 Å². The smallest absolute Gasteiger partial charge is 0.279 e. The molecule has 1 amide bonds. The van der Waals surface area contributed by atoms with Crippen LogP contribution in [0.1, 0.15) is 15.9 Å². The number of methoxy groups -OCH3 is 2. The SMILES string of the molecule is C=CCn1c(=NC(=O)c2ccc(C)cc2)sc2cc(OC)c(OC)cc21. The molecule has 0 saturated heterocycles. The second kappa shape index (κ2) is 7.58. The number of rotatable bonds is 5. The fourth-order valence-electron chi connectivity index (χ4n) is 2.64. The Balaban J connectivity index is 2.17. The molecule has 26 heavy (non-hydrogen) atoms. The molecule has 0 aliphatic rings. The molecular formula is C20H20N2O3S. The molecule has 1 heterocycles. The molecule has 0 saturated carbocycles. The molecular weight excluding hydrogens is 348 g/mol. The van der Waals surface area contributed by atoms with Crippen molar-refractivity contribution in [1.29, 1.82) is 0 Å². The van der Waals surface area contributed by atoms with Crippen LogP contribution in [0.3, 0.4) is 0 Å². The zero-order chi connectivity index (χ0) is 18.7. The summed E-state index contributed by atoms with van der Waals surface area (Å²) >= 11 is 1.43. The highest BCUT2D eigenvalue weighted by Gasteiger charge is 2.13. The number of ether oxygens (including phenoxy) is 2. The van der Waals surface area contributed by atoms with Crippen molar-refractivity contribution in [2.45, 2.75) is 13.5 Å². The maximum atomic E-state index is 12.6. The second-order valence-corrected chi connectivity index (χ2v) is 6.75. The van der Waals surface area contributed by atoms with E-state index >= 15 is 0 Å². The Hall–Kier alpha value is -2.86. The number of hydrogen-bond donors (Lipinski definition) is 0. The van der Waals surface area contributed by atoms with Crippen LogP contribution in [0.25, 0.3) is 10.2 Å². The fourth-order valence-corrected chi connectivity index (χ4v) is 3.68. The van der Waals surface area contributed by atoms with Gasteiger partial charge in [0.1, 0.15) is 0 Å². The van der Waals surface area contributed by atoms with E-state index in [9.17, 15) is 4.79 Å². The standard InChI is InChI=1S/C20H20N2O3S/c1-5-10-22-15-11-16(24-3)17(25-4)12-18(15)26-20(22)21-19(23)14-8-6-13(2)7-9-14/h5-9,11-12H,1,10H2,2-4H3. The number of nitrogens with zero attached hydrogens (tertiary/aromatic N) is 2. The zero-order valence-corrected chi connectivity index (χ0v) is 15.8. The lowest BCUT2D eigenvalue weighted by Crippen LogP contribution is -2.16. The lowest BCUT2D eigenvalue weighted by atomic mass is 10.1. The van der Waals surface area contributed by atoms with Gasteiger partial charge >= 0.3 is 0 Å². The van der Waals surface area contributed by atoms with Crippen LogP contribution >= 0.6 is 11.3 Å². The Labute approximate surface area is 155 Å². The van der Waals surface area contributed by atoms with Gasteiger partial charge in [-0.2, -0.15) is 4.99 Å². The molecule has 0 aliphatic carbocycles. The van der Waals surface area contributed by atoms with Gasteiger partial charge in [0.05, 0.1) is 24.4 Å².